The highest BCUT2D eigenvalue weighted by molar-refractivity contribution is 7.70. The van der Waals surface area contributed by atoms with Crippen molar-refractivity contribution >= 4 is 34.0 Å². The summed E-state index contributed by atoms with van der Waals surface area (Å²) in [7, 11) is -2.37. The van der Waals surface area contributed by atoms with E-state index >= 15 is 0 Å². The lowest BCUT2D eigenvalue weighted by Gasteiger charge is -2.62. The summed E-state index contributed by atoms with van der Waals surface area (Å²) in [5.41, 5.74) is 12.9. The maximum atomic E-state index is 13.0. The van der Waals surface area contributed by atoms with Gasteiger partial charge in [-0.1, -0.05) is 206 Å². The van der Waals surface area contributed by atoms with Crippen molar-refractivity contribution < 1.29 is 4.57 Å². The van der Waals surface area contributed by atoms with Gasteiger partial charge in [0.05, 0.1) is 0 Å². The molecule has 1 heterocycles. The molecule has 340 valence electrons. The van der Waals surface area contributed by atoms with Crippen LogP contribution in [0.2, 0.25) is 0 Å². The maximum absolute atomic E-state index is 13.0. The Kier molecular flexibility index (Phi) is 10.4. The Balaban J connectivity index is 0.901. The summed E-state index contributed by atoms with van der Waals surface area (Å²) < 4.78 is 13.0. The highest BCUT2D eigenvalue weighted by atomic mass is 31.2. The van der Waals surface area contributed by atoms with Crippen molar-refractivity contribution in [1.29, 1.82) is 0 Å². The van der Waals surface area contributed by atoms with E-state index in [0.717, 1.165) is 45.0 Å². The second-order valence-electron chi connectivity index (χ2n) is 20.7. The number of hydrogen-bond acceptors (Lipinski definition) is 4. The molecule has 0 saturated heterocycles. The van der Waals surface area contributed by atoms with Gasteiger partial charge < -0.3 is 4.57 Å². The van der Waals surface area contributed by atoms with Crippen LogP contribution in [0.3, 0.4) is 0 Å². The molecule has 4 saturated carbocycles. The largest absolute Gasteiger partial charge is 0.319 e. The van der Waals surface area contributed by atoms with Gasteiger partial charge in [-0.05, 0) is 135 Å². The van der Waals surface area contributed by atoms with Gasteiger partial charge >= 0.3 is 0 Å². The van der Waals surface area contributed by atoms with Gasteiger partial charge in [0.1, 0.15) is 7.14 Å². The molecule has 0 spiro atoms. The summed E-state index contributed by atoms with van der Waals surface area (Å²) in [6.45, 7) is 3.69. The van der Waals surface area contributed by atoms with E-state index in [0.29, 0.717) is 29.3 Å². The lowest BCUT2D eigenvalue weighted by molar-refractivity contribution is -0.0418. The molecule has 70 heavy (non-hydrogen) atoms. The molecule has 9 aromatic carbocycles. The summed E-state index contributed by atoms with van der Waals surface area (Å²) in [5, 5.41) is 5.84. The van der Waals surface area contributed by atoms with Gasteiger partial charge in [0, 0.05) is 27.4 Å². The summed E-state index contributed by atoms with van der Waals surface area (Å²) in [6, 6.07) is 74.7. The highest BCUT2D eigenvalue weighted by Gasteiger charge is 2.58. The Morgan fingerprint density at radius 3 is 1.09 bits per heavy atom. The zero-order chi connectivity index (χ0) is 47.0. The van der Waals surface area contributed by atoms with E-state index in [4.69, 9.17) is 15.0 Å². The number of fused-ring (bicyclic) bond motifs is 2. The minimum absolute atomic E-state index is 0.0778. The minimum atomic E-state index is -2.37. The molecule has 0 amide bonds. The van der Waals surface area contributed by atoms with Crippen molar-refractivity contribution in [2.24, 2.45) is 23.7 Å². The molecule has 4 bridgehead atoms. The molecule has 0 radical (unpaired) electrons. The number of hydrogen-bond donors (Lipinski definition) is 0. The molecular formula is C65H54N3OP. The average molecular weight is 924 g/mol. The average Bonchev–Trinajstić information content (AvgIpc) is 3.40. The number of benzene rings is 9. The molecule has 4 aliphatic rings. The van der Waals surface area contributed by atoms with Crippen LogP contribution in [-0.4, -0.2) is 28.3 Å². The molecule has 4 aliphatic carbocycles. The smallest absolute Gasteiger partial charge is 0.164 e. The van der Waals surface area contributed by atoms with E-state index in [2.05, 4.69) is 182 Å². The van der Waals surface area contributed by atoms with Crippen LogP contribution in [0.5, 0.6) is 0 Å². The van der Waals surface area contributed by atoms with Crippen molar-refractivity contribution in [3.63, 3.8) is 0 Å². The molecule has 0 aliphatic heterocycles. The topological polar surface area (TPSA) is 55.7 Å². The quantitative estimate of drug-likeness (QED) is 0.107. The van der Waals surface area contributed by atoms with Crippen LogP contribution < -0.4 is 5.30 Å². The zero-order valence-electron chi connectivity index (χ0n) is 39.7. The monoisotopic (exact) mass is 923 g/mol. The maximum Gasteiger partial charge on any atom is 0.164 e. The predicted molar refractivity (Wildman–Crippen MR) is 291 cm³/mol. The molecule has 14 rings (SSSR count). The van der Waals surface area contributed by atoms with Gasteiger partial charge in [-0.3, -0.25) is 0 Å². The van der Waals surface area contributed by atoms with Crippen LogP contribution in [0.4, 0.5) is 0 Å². The Bertz CT molecular complexity index is 3540. The number of rotatable bonds is 9. The van der Waals surface area contributed by atoms with E-state index < -0.39 is 7.14 Å². The number of nitrogens with zero attached hydrogens (tertiary/aromatic N) is 3. The van der Waals surface area contributed by atoms with Crippen LogP contribution >= 0.6 is 7.14 Å². The first-order chi connectivity index (χ1) is 34.3. The van der Waals surface area contributed by atoms with Gasteiger partial charge in [-0.2, -0.15) is 0 Å². The lowest BCUT2D eigenvalue weighted by Crippen LogP contribution is -2.56. The van der Waals surface area contributed by atoms with Crippen molar-refractivity contribution in [1.82, 2.24) is 15.0 Å². The van der Waals surface area contributed by atoms with Gasteiger partial charge in [0.2, 0.25) is 0 Å². The summed E-state index contributed by atoms with van der Waals surface area (Å²) in [5.74, 6) is 4.86. The Labute approximate surface area is 411 Å². The molecular weight excluding hydrogens is 870 g/mol. The molecule has 0 atom stereocenters. The van der Waals surface area contributed by atoms with Crippen molar-refractivity contribution in [2.45, 2.75) is 37.5 Å². The summed E-state index contributed by atoms with van der Waals surface area (Å²) >= 11 is 0. The van der Waals surface area contributed by atoms with Crippen molar-refractivity contribution in [2.75, 3.05) is 13.3 Å². The molecule has 0 N–H and O–H groups in total. The van der Waals surface area contributed by atoms with E-state index in [9.17, 15) is 4.57 Å². The molecule has 1 aromatic heterocycles. The lowest BCUT2D eigenvalue weighted by atomic mass is 9.42. The fourth-order valence-corrected chi connectivity index (χ4v) is 14.2. The van der Waals surface area contributed by atoms with E-state index in [-0.39, 0.29) is 5.41 Å². The van der Waals surface area contributed by atoms with Crippen molar-refractivity contribution in [3.8, 4) is 67.5 Å². The fourth-order valence-electron chi connectivity index (χ4n) is 13.4. The molecule has 0 unspecified atom stereocenters. The summed E-state index contributed by atoms with van der Waals surface area (Å²) in [6.07, 6.45) is 6.58. The minimum Gasteiger partial charge on any atom is -0.319 e. The van der Waals surface area contributed by atoms with Crippen LogP contribution in [0.15, 0.2) is 206 Å². The van der Waals surface area contributed by atoms with E-state index in [1.807, 2.05) is 37.6 Å². The first-order valence-electron chi connectivity index (χ1n) is 25.1. The van der Waals surface area contributed by atoms with Crippen molar-refractivity contribution in [3.05, 3.63) is 217 Å². The highest BCUT2D eigenvalue weighted by Crippen LogP contribution is 2.65. The van der Waals surface area contributed by atoms with E-state index in [1.165, 1.54) is 87.0 Å². The second-order valence-corrected chi connectivity index (χ2v) is 23.9. The van der Waals surface area contributed by atoms with Crippen LogP contribution in [0.1, 0.15) is 43.2 Å². The Morgan fingerprint density at radius 1 is 0.357 bits per heavy atom. The third kappa shape index (κ3) is 7.26. The standard InChI is InChI=1S/C65H54N3OP/c1-70(2,69)55-35-29-47(30-36-55)61-58-19-11-9-17-56(58)60(57-18-10-12-20-59(57)61)46-25-31-51(32-26-46)65(53-38-42-37-43(40-53)41-54(65)39-42)52-33-27-50(28-34-52)64-67-62(48-15-7-4-8-16-48)66-63(68-64)49-23-21-45(22-24-49)44-13-5-3-6-14-44/h3-36,42-43,53-54H,37-41H2,1-2H3. The first-order valence-corrected chi connectivity index (χ1v) is 27.7. The molecule has 4 fully saturated rings. The van der Waals surface area contributed by atoms with E-state index in [1.54, 1.807) is 0 Å². The first kappa shape index (κ1) is 42.8. The van der Waals surface area contributed by atoms with Crippen LogP contribution in [0.25, 0.3) is 89.1 Å². The molecule has 4 nitrogen and oxygen atoms in total. The van der Waals surface area contributed by atoms with Crippen LogP contribution in [0, 0.1) is 23.7 Å². The second kappa shape index (κ2) is 17.0. The SMILES string of the molecule is CP(C)(=O)c1ccc(-c2c3ccccc3c(-c3ccc(C4(c5ccc(-c6nc(-c7ccccc7)nc(-c7ccc(-c8ccccc8)cc7)n6)cc5)C5CC6CC(C5)CC4C6)cc3)c3ccccc23)cc1. The number of aromatic nitrogens is 3. The molecule has 10 aromatic rings. The third-order valence-corrected chi connectivity index (χ3v) is 17.9. The van der Waals surface area contributed by atoms with Gasteiger partial charge in [-0.25, -0.2) is 15.0 Å². The fraction of sp³-hybridized carbons (Fsp3) is 0.185. The zero-order valence-corrected chi connectivity index (χ0v) is 40.6. The van der Waals surface area contributed by atoms with Gasteiger partial charge in [0.25, 0.3) is 0 Å². The van der Waals surface area contributed by atoms with Gasteiger partial charge in [-0.15, -0.1) is 0 Å². The summed E-state index contributed by atoms with van der Waals surface area (Å²) in [4.78, 5) is 15.4. The van der Waals surface area contributed by atoms with Gasteiger partial charge in [0.15, 0.2) is 17.5 Å². The predicted octanol–water partition coefficient (Wildman–Crippen LogP) is 16.2. The Hall–Kier alpha value is -7.26. The normalized spacial score (nSPS) is 20.5. The third-order valence-electron chi connectivity index (χ3n) is 16.3. The molecule has 5 heteroatoms. The van der Waals surface area contributed by atoms with Crippen LogP contribution in [-0.2, 0) is 9.98 Å². The Morgan fingerprint density at radius 2 is 0.671 bits per heavy atom.